The first-order valence-corrected chi connectivity index (χ1v) is 5.05. The molecule has 0 saturated heterocycles. The fourth-order valence-corrected chi connectivity index (χ4v) is 2.28. The third kappa shape index (κ3) is 1.47. The Morgan fingerprint density at radius 1 is 1.57 bits per heavy atom. The number of methoxy groups -OCH3 is 1. The van der Waals surface area contributed by atoms with Gasteiger partial charge in [-0.2, -0.15) is 0 Å². The molecule has 1 aliphatic carbocycles. The highest BCUT2D eigenvalue weighted by molar-refractivity contribution is 5.19. The van der Waals surface area contributed by atoms with E-state index in [0.29, 0.717) is 0 Å². The molecule has 1 aliphatic rings. The standard InChI is InChI=1S/C11H16O3/c1-13-10-4-2-3-6-11(10,12)9-5-7-14-8-9/h5,7-8,10,12H,2-4,6H2,1H3. The second-order valence-electron chi connectivity index (χ2n) is 3.91. The highest BCUT2D eigenvalue weighted by Crippen LogP contribution is 2.38. The number of hydrogen-bond donors (Lipinski definition) is 1. The SMILES string of the molecule is COC1CCCCC1(O)c1ccoc1. The van der Waals surface area contributed by atoms with Gasteiger partial charge in [0.15, 0.2) is 0 Å². The fourth-order valence-electron chi connectivity index (χ4n) is 2.28. The molecule has 0 aliphatic heterocycles. The molecule has 0 amide bonds. The Kier molecular flexibility index (Phi) is 2.61. The average molecular weight is 196 g/mol. The molecule has 0 bridgehead atoms. The first kappa shape index (κ1) is 9.74. The van der Waals surface area contributed by atoms with Gasteiger partial charge in [-0.3, -0.25) is 0 Å². The molecule has 1 aromatic rings. The van der Waals surface area contributed by atoms with Crippen molar-refractivity contribution in [2.75, 3.05) is 7.11 Å². The zero-order valence-electron chi connectivity index (χ0n) is 8.40. The van der Waals surface area contributed by atoms with Gasteiger partial charge < -0.3 is 14.3 Å². The minimum absolute atomic E-state index is 0.103. The first-order valence-electron chi connectivity index (χ1n) is 5.05. The quantitative estimate of drug-likeness (QED) is 0.787. The number of rotatable bonds is 2. The Bertz CT molecular complexity index is 281. The summed E-state index contributed by atoms with van der Waals surface area (Å²) in [6, 6.07) is 1.82. The minimum Gasteiger partial charge on any atom is -0.472 e. The summed E-state index contributed by atoms with van der Waals surface area (Å²) in [6.07, 6.45) is 6.93. The molecular weight excluding hydrogens is 180 g/mol. The highest BCUT2D eigenvalue weighted by atomic mass is 16.5. The summed E-state index contributed by atoms with van der Waals surface area (Å²) in [5.74, 6) is 0. The summed E-state index contributed by atoms with van der Waals surface area (Å²) in [6.45, 7) is 0. The Morgan fingerprint density at radius 2 is 2.43 bits per heavy atom. The van der Waals surface area contributed by atoms with Crippen LogP contribution >= 0.6 is 0 Å². The molecule has 1 fully saturated rings. The summed E-state index contributed by atoms with van der Waals surface area (Å²) < 4.78 is 10.3. The molecule has 3 heteroatoms. The lowest BCUT2D eigenvalue weighted by atomic mass is 9.78. The zero-order chi connectivity index (χ0) is 10.0. The highest BCUT2D eigenvalue weighted by Gasteiger charge is 2.41. The van der Waals surface area contributed by atoms with Crippen molar-refractivity contribution in [1.29, 1.82) is 0 Å². The van der Waals surface area contributed by atoms with E-state index in [0.717, 1.165) is 31.2 Å². The van der Waals surface area contributed by atoms with Crippen LogP contribution in [0.15, 0.2) is 23.0 Å². The second-order valence-corrected chi connectivity index (χ2v) is 3.91. The fraction of sp³-hybridized carbons (Fsp3) is 0.636. The molecule has 1 aromatic heterocycles. The normalized spacial score (nSPS) is 33.1. The Labute approximate surface area is 83.7 Å². The van der Waals surface area contributed by atoms with Crippen molar-refractivity contribution in [3.05, 3.63) is 24.2 Å². The topological polar surface area (TPSA) is 42.6 Å². The van der Waals surface area contributed by atoms with E-state index in [1.165, 1.54) is 0 Å². The summed E-state index contributed by atoms with van der Waals surface area (Å²) in [5.41, 5.74) is -0.0101. The van der Waals surface area contributed by atoms with Gasteiger partial charge in [-0.25, -0.2) is 0 Å². The van der Waals surface area contributed by atoms with Crippen LogP contribution in [0.25, 0.3) is 0 Å². The predicted molar refractivity (Wildman–Crippen MR) is 51.9 cm³/mol. The molecule has 2 rings (SSSR count). The molecule has 78 valence electrons. The summed E-state index contributed by atoms with van der Waals surface area (Å²) >= 11 is 0. The van der Waals surface area contributed by atoms with Crippen LogP contribution in [-0.4, -0.2) is 18.3 Å². The monoisotopic (exact) mass is 196 g/mol. The Balaban J connectivity index is 2.27. The number of furan rings is 1. The smallest absolute Gasteiger partial charge is 0.119 e. The molecular formula is C11H16O3. The van der Waals surface area contributed by atoms with E-state index in [-0.39, 0.29) is 6.10 Å². The average Bonchev–Trinajstić information content (AvgIpc) is 2.72. The third-order valence-corrected chi connectivity index (χ3v) is 3.11. The number of aliphatic hydroxyl groups is 1. The molecule has 2 unspecified atom stereocenters. The van der Waals surface area contributed by atoms with Crippen molar-refractivity contribution in [3.63, 3.8) is 0 Å². The van der Waals surface area contributed by atoms with E-state index in [4.69, 9.17) is 9.15 Å². The minimum atomic E-state index is -0.847. The van der Waals surface area contributed by atoms with Crippen LogP contribution in [0.2, 0.25) is 0 Å². The Morgan fingerprint density at radius 3 is 3.07 bits per heavy atom. The van der Waals surface area contributed by atoms with Crippen LogP contribution in [0.4, 0.5) is 0 Å². The van der Waals surface area contributed by atoms with Gasteiger partial charge in [0.25, 0.3) is 0 Å². The van der Waals surface area contributed by atoms with E-state index in [9.17, 15) is 5.11 Å². The van der Waals surface area contributed by atoms with Crippen LogP contribution in [0.5, 0.6) is 0 Å². The second kappa shape index (κ2) is 3.75. The van der Waals surface area contributed by atoms with Crippen molar-refractivity contribution in [2.45, 2.75) is 37.4 Å². The van der Waals surface area contributed by atoms with E-state index >= 15 is 0 Å². The van der Waals surface area contributed by atoms with Gasteiger partial charge in [0.1, 0.15) is 5.60 Å². The van der Waals surface area contributed by atoms with E-state index in [2.05, 4.69) is 0 Å². The van der Waals surface area contributed by atoms with Crippen molar-refractivity contribution in [1.82, 2.24) is 0 Å². The lowest BCUT2D eigenvalue weighted by Crippen LogP contribution is -2.43. The number of hydrogen-bond acceptors (Lipinski definition) is 3. The maximum atomic E-state index is 10.5. The molecule has 3 nitrogen and oxygen atoms in total. The van der Waals surface area contributed by atoms with Crippen LogP contribution in [0.3, 0.4) is 0 Å². The zero-order valence-corrected chi connectivity index (χ0v) is 8.40. The van der Waals surface area contributed by atoms with Gasteiger partial charge in [-0.15, -0.1) is 0 Å². The van der Waals surface area contributed by atoms with E-state index < -0.39 is 5.60 Å². The van der Waals surface area contributed by atoms with Gasteiger partial charge in [0.05, 0.1) is 18.6 Å². The summed E-state index contributed by atoms with van der Waals surface area (Å²) in [5, 5.41) is 10.5. The van der Waals surface area contributed by atoms with Gasteiger partial charge in [0, 0.05) is 12.7 Å². The van der Waals surface area contributed by atoms with E-state index in [1.54, 1.807) is 19.6 Å². The molecule has 0 spiro atoms. The molecule has 2 atom stereocenters. The third-order valence-electron chi connectivity index (χ3n) is 3.11. The molecule has 14 heavy (non-hydrogen) atoms. The lowest BCUT2D eigenvalue weighted by Gasteiger charge is -2.38. The Hall–Kier alpha value is -0.800. The van der Waals surface area contributed by atoms with Gasteiger partial charge in [-0.05, 0) is 18.9 Å². The maximum Gasteiger partial charge on any atom is 0.119 e. The molecule has 1 saturated carbocycles. The van der Waals surface area contributed by atoms with Crippen molar-refractivity contribution in [2.24, 2.45) is 0 Å². The summed E-state index contributed by atoms with van der Waals surface area (Å²) in [7, 11) is 1.65. The molecule has 0 radical (unpaired) electrons. The largest absolute Gasteiger partial charge is 0.472 e. The van der Waals surface area contributed by atoms with Crippen LogP contribution in [0, 0.1) is 0 Å². The van der Waals surface area contributed by atoms with Crippen LogP contribution < -0.4 is 0 Å². The molecule has 0 aromatic carbocycles. The van der Waals surface area contributed by atoms with Crippen LogP contribution in [-0.2, 0) is 10.3 Å². The van der Waals surface area contributed by atoms with Crippen molar-refractivity contribution in [3.8, 4) is 0 Å². The molecule has 1 heterocycles. The summed E-state index contributed by atoms with van der Waals surface area (Å²) in [4.78, 5) is 0. The number of ether oxygens (including phenoxy) is 1. The lowest BCUT2D eigenvalue weighted by molar-refractivity contribution is -0.122. The molecule has 1 N–H and O–H groups in total. The first-order chi connectivity index (χ1) is 6.77. The van der Waals surface area contributed by atoms with Gasteiger partial charge in [-0.1, -0.05) is 12.8 Å². The van der Waals surface area contributed by atoms with Crippen molar-refractivity contribution < 1.29 is 14.3 Å². The van der Waals surface area contributed by atoms with Gasteiger partial charge in [0.2, 0.25) is 0 Å². The van der Waals surface area contributed by atoms with Crippen LogP contribution in [0.1, 0.15) is 31.2 Å². The maximum absolute atomic E-state index is 10.5. The van der Waals surface area contributed by atoms with Crippen molar-refractivity contribution >= 4 is 0 Å². The van der Waals surface area contributed by atoms with Gasteiger partial charge >= 0.3 is 0 Å². The van der Waals surface area contributed by atoms with E-state index in [1.807, 2.05) is 6.07 Å². The predicted octanol–water partition coefficient (Wildman–Crippen LogP) is 2.06.